The van der Waals surface area contributed by atoms with Gasteiger partial charge in [-0.05, 0) is 87.4 Å². The van der Waals surface area contributed by atoms with E-state index >= 15 is 0 Å². The topological polar surface area (TPSA) is 84.1 Å². The van der Waals surface area contributed by atoms with Crippen LogP contribution in [-0.4, -0.2) is 63.9 Å². The summed E-state index contributed by atoms with van der Waals surface area (Å²) in [5.74, 6) is 3.32. The molecule has 5 rings (SSSR count). The van der Waals surface area contributed by atoms with Crippen molar-refractivity contribution in [1.29, 1.82) is 0 Å². The predicted molar refractivity (Wildman–Crippen MR) is 201 cm³/mol. The Morgan fingerprint density at radius 3 is 2.32 bits per heavy atom. The molecule has 1 aliphatic rings. The van der Waals surface area contributed by atoms with Crippen molar-refractivity contribution in [3.8, 4) is 17.2 Å². The Morgan fingerprint density at radius 2 is 1.72 bits per heavy atom. The Kier molecular flexibility index (Phi) is 18.5. The second kappa shape index (κ2) is 21.1. The molecule has 1 amide bonds. The van der Waals surface area contributed by atoms with Gasteiger partial charge in [-0.2, -0.15) is 0 Å². The van der Waals surface area contributed by atoms with Gasteiger partial charge in [0.25, 0.3) is 0 Å². The van der Waals surface area contributed by atoms with Crippen molar-refractivity contribution in [2.75, 3.05) is 49.7 Å². The van der Waals surface area contributed by atoms with E-state index < -0.39 is 6.09 Å². The third-order valence-electron chi connectivity index (χ3n) is 6.95. The summed E-state index contributed by atoms with van der Waals surface area (Å²) >= 11 is 6.35. The number of likely N-dealkylation sites (N-methyl/N-ethyl adjacent to an activating group) is 1. The second-order valence-electron chi connectivity index (χ2n) is 10.4. The van der Waals surface area contributed by atoms with E-state index in [1.54, 1.807) is 30.8 Å². The summed E-state index contributed by atoms with van der Waals surface area (Å²) in [5, 5.41) is 1.15. The number of amides is 1. The Balaban J connectivity index is 0.000000489. The lowest BCUT2D eigenvalue weighted by Gasteiger charge is -2.21. The largest absolute Gasteiger partial charge is 0.497 e. The molecule has 0 spiro atoms. The number of halogens is 1. The first-order valence-electron chi connectivity index (χ1n) is 15.6. The van der Waals surface area contributed by atoms with E-state index in [1.165, 1.54) is 11.9 Å². The van der Waals surface area contributed by atoms with Crippen molar-refractivity contribution in [1.82, 2.24) is 4.98 Å². The molecule has 258 valence electrons. The Bertz CT molecular complexity index is 1540. The number of thioether (sulfide) groups is 1. The van der Waals surface area contributed by atoms with Gasteiger partial charge in [-0.3, -0.25) is 4.90 Å². The molecule has 0 atom stereocenters. The number of nitrogens with one attached hydrogen (secondary N) is 1. The lowest BCUT2D eigenvalue weighted by molar-refractivity contribution is -0.0980. The first kappa shape index (κ1) is 41.2. The van der Waals surface area contributed by atoms with Crippen LogP contribution in [0.2, 0.25) is 0 Å². The van der Waals surface area contributed by atoms with Crippen LogP contribution >= 0.6 is 23.4 Å². The number of methoxy groups -OCH3 is 1. The number of carbonyl (C=O) groups excluding carboxylic acids is 2. The van der Waals surface area contributed by atoms with E-state index in [0.717, 1.165) is 68.6 Å². The molecule has 1 aliphatic heterocycles. The monoisotopic (exact) mass is 685 g/mol. The highest BCUT2D eigenvalue weighted by Crippen LogP contribution is 2.40. The number of aromatic nitrogens is 1. The number of H-pyrrole nitrogens is 1. The van der Waals surface area contributed by atoms with Gasteiger partial charge in [-0.15, -0.1) is 23.4 Å². The van der Waals surface area contributed by atoms with Crippen molar-refractivity contribution in [3.63, 3.8) is 0 Å². The van der Waals surface area contributed by atoms with E-state index in [9.17, 15) is 4.79 Å². The van der Waals surface area contributed by atoms with Gasteiger partial charge in [0.2, 0.25) is 0 Å². The number of hydrogen-bond donors (Lipinski definition) is 1. The van der Waals surface area contributed by atoms with Gasteiger partial charge >= 0.3 is 6.09 Å². The number of para-hydroxylation sites is 1. The molecule has 0 bridgehead atoms. The molecule has 1 N–H and O–H groups in total. The van der Waals surface area contributed by atoms with Crippen molar-refractivity contribution in [2.24, 2.45) is 0 Å². The minimum Gasteiger partial charge on any atom is -0.497 e. The van der Waals surface area contributed by atoms with Crippen molar-refractivity contribution in [2.45, 2.75) is 65.9 Å². The predicted octanol–water partition coefficient (Wildman–Crippen LogP) is 9.70. The third kappa shape index (κ3) is 11.1. The van der Waals surface area contributed by atoms with Crippen molar-refractivity contribution >= 4 is 58.5 Å². The van der Waals surface area contributed by atoms with Crippen molar-refractivity contribution < 1.29 is 23.8 Å². The van der Waals surface area contributed by atoms with Crippen LogP contribution < -0.4 is 24.0 Å². The number of benzene rings is 3. The highest BCUT2D eigenvalue weighted by molar-refractivity contribution is 7.99. The highest BCUT2D eigenvalue weighted by Gasteiger charge is 2.25. The summed E-state index contributed by atoms with van der Waals surface area (Å²) in [7, 11) is 5.50. The molecule has 8 nitrogen and oxygen atoms in total. The molecular weight excluding hydrogens is 634 g/mol. The number of nitrogens with zero attached hydrogens (tertiary/aromatic N) is 2. The van der Waals surface area contributed by atoms with E-state index in [2.05, 4.69) is 41.5 Å². The molecule has 4 aromatic rings. The van der Waals surface area contributed by atoms with Crippen molar-refractivity contribution in [3.05, 3.63) is 71.4 Å². The summed E-state index contributed by atoms with van der Waals surface area (Å²) in [5.41, 5.74) is 6.38. The summed E-state index contributed by atoms with van der Waals surface area (Å²) in [4.78, 5) is 29.2. The molecule has 0 radical (unpaired) electrons. The molecule has 0 saturated carbocycles. The lowest BCUT2D eigenvalue weighted by atomic mass is 10.1. The number of aromatic amines is 1. The number of hydrogen-bond acceptors (Lipinski definition) is 7. The molecular formula is C37H52ClN3O5S. The molecule has 10 heteroatoms. The van der Waals surface area contributed by atoms with Gasteiger partial charge in [0.05, 0.1) is 24.4 Å². The van der Waals surface area contributed by atoms with Gasteiger partial charge in [0, 0.05) is 54.8 Å². The average Bonchev–Trinajstić information content (AvgIpc) is 3.67. The smallest absolute Gasteiger partial charge is 0.419 e. The zero-order chi connectivity index (χ0) is 35.7. The Morgan fingerprint density at radius 1 is 1.06 bits per heavy atom. The molecule has 47 heavy (non-hydrogen) atoms. The van der Waals surface area contributed by atoms with Crippen LogP contribution in [0.3, 0.4) is 0 Å². The number of carbonyl (C=O) groups is 2. The molecule has 2 heterocycles. The minimum atomic E-state index is -0.390. The number of aryl methyl sites for hydroxylation is 2. The number of fused-ring (bicyclic) bond motifs is 3. The average molecular weight is 686 g/mol. The molecule has 0 fully saturated rings. The van der Waals surface area contributed by atoms with Crippen LogP contribution in [0.15, 0.2) is 59.5 Å². The first-order chi connectivity index (χ1) is 22.6. The highest BCUT2D eigenvalue weighted by atomic mass is 35.5. The fourth-order valence-corrected chi connectivity index (χ4v) is 5.77. The number of alkyl halides is 1. The molecule has 3 aromatic carbocycles. The van der Waals surface area contributed by atoms with Crippen LogP contribution in [0.5, 0.6) is 17.2 Å². The SMILES string of the molecule is C=O.CC.CCSc1ccccc1N(C)C(=O)Oc1cc2c(c3cc(C)[nH]c13)CCN2C.CCl.COc1ccc(OC(C)C)c(C)c1. The van der Waals surface area contributed by atoms with Crippen LogP contribution in [0.1, 0.15) is 51.4 Å². The molecule has 0 aliphatic carbocycles. The zero-order valence-corrected chi connectivity index (χ0v) is 31.4. The van der Waals surface area contributed by atoms with Gasteiger partial charge in [0.1, 0.15) is 18.3 Å². The number of ether oxygens (including phenoxy) is 3. The van der Waals surface area contributed by atoms with Crippen LogP contribution in [0.25, 0.3) is 10.9 Å². The summed E-state index contributed by atoms with van der Waals surface area (Å²) < 4.78 is 16.6. The van der Waals surface area contributed by atoms with E-state index in [4.69, 9.17) is 19.0 Å². The summed E-state index contributed by atoms with van der Waals surface area (Å²) in [6, 6.07) is 17.9. The lowest BCUT2D eigenvalue weighted by Crippen LogP contribution is -2.30. The number of rotatable bonds is 7. The van der Waals surface area contributed by atoms with Crippen LogP contribution in [0.4, 0.5) is 16.2 Å². The maximum absolute atomic E-state index is 13.0. The van der Waals surface area contributed by atoms with E-state index in [0.29, 0.717) is 5.75 Å². The Labute approximate surface area is 290 Å². The molecule has 0 unspecified atom stereocenters. The van der Waals surface area contributed by atoms with Gasteiger partial charge < -0.3 is 28.9 Å². The fourth-order valence-electron chi connectivity index (χ4n) is 4.93. The van der Waals surface area contributed by atoms with E-state index in [-0.39, 0.29) is 6.10 Å². The summed E-state index contributed by atoms with van der Waals surface area (Å²) in [6.07, 6.45) is 2.31. The number of anilines is 2. The van der Waals surface area contributed by atoms with Crippen LogP contribution in [-0.2, 0) is 11.2 Å². The zero-order valence-electron chi connectivity index (χ0n) is 29.8. The molecule has 1 aromatic heterocycles. The van der Waals surface area contributed by atoms with Gasteiger partial charge in [-0.25, -0.2) is 4.79 Å². The maximum atomic E-state index is 13.0. The summed E-state index contributed by atoms with van der Waals surface area (Å²) in [6.45, 7) is 17.2. The normalized spacial score (nSPS) is 11.0. The van der Waals surface area contributed by atoms with Gasteiger partial charge in [-0.1, -0.05) is 32.9 Å². The second-order valence-corrected chi connectivity index (χ2v) is 11.7. The Hall–Kier alpha value is -3.82. The third-order valence-corrected chi connectivity index (χ3v) is 7.90. The maximum Gasteiger partial charge on any atom is 0.419 e. The fraction of sp³-hybridized carbons (Fsp3) is 0.405. The first-order valence-corrected chi connectivity index (χ1v) is 17.4. The minimum absolute atomic E-state index is 0.215. The van der Waals surface area contributed by atoms with E-state index in [1.807, 2.05) is 96.9 Å². The molecule has 0 saturated heterocycles. The van der Waals surface area contributed by atoms with Crippen LogP contribution in [0, 0.1) is 13.8 Å². The quantitative estimate of drug-likeness (QED) is 0.153. The van der Waals surface area contributed by atoms with Gasteiger partial charge in [0.15, 0.2) is 5.75 Å². The standard InChI is InChI=1S/C22H25N3O2S.C11H16O2.C2H6.CH3Cl.CH2O/c1-5-28-20-9-7-6-8-17(20)25(4)22(26)27-19-13-18-15(10-11-24(18)3)16-12-14(2)23-21(16)19;1-8(2)13-11-6-5-10(12-4)7-9(11)3;3*1-2/h6-9,12-13,23H,5,10-11H2,1-4H3;5-8H,1-4H3;1-2H3;1H3;1H2.